The lowest BCUT2D eigenvalue weighted by atomic mass is 9.98. The fourth-order valence-corrected chi connectivity index (χ4v) is 3.79. The molecule has 0 unspecified atom stereocenters. The van der Waals surface area contributed by atoms with Crippen molar-refractivity contribution in [1.82, 2.24) is 4.90 Å². The van der Waals surface area contributed by atoms with Gasteiger partial charge < -0.3 is 4.74 Å². The van der Waals surface area contributed by atoms with Crippen molar-refractivity contribution in [3.05, 3.63) is 65.7 Å². The number of esters is 1. The van der Waals surface area contributed by atoms with Gasteiger partial charge in [-0.15, -0.1) is 0 Å². The minimum Gasteiger partial charge on any atom is -0.459 e. The van der Waals surface area contributed by atoms with Gasteiger partial charge in [-0.3, -0.25) is 14.5 Å². The fraction of sp³-hybridized carbons (Fsp3) is 0.304. The van der Waals surface area contributed by atoms with Crippen LogP contribution in [0.15, 0.2) is 54.6 Å². The highest BCUT2D eigenvalue weighted by Crippen LogP contribution is 2.25. The Bertz CT molecular complexity index is 965. The molecule has 1 aliphatic carbocycles. The van der Waals surface area contributed by atoms with Crippen molar-refractivity contribution >= 4 is 29.5 Å². The molecule has 7 heteroatoms. The highest BCUT2D eigenvalue weighted by Gasteiger charge is 2.41. The van der Waals surface area contributed by atoms with Gasteiger partial charge in [0, 0.05) is 11.3 Å². The van der Waals surface area contributed by atoms with E-state index >= 15 is 0 Å². The quantitative estimate of drug-likeness (QED) is 0.438. The van der Waals surface area contributed by atoms with Crippen LogP contribution in [0.2, 0.25) is 0 Å². The molecule has 154 valence electrons. The minimum absolute atomic E-state index is 0.0405. The fourth-order valence-electron chi connectivity index (χ4n) is 3.79. The van der Waals surface area contributed by atoms with E-state index in [4.69, 9.17) is 4.74 Å². The topological polar surface area (TPSA) is 84.0 Å². The van der Waals surface area contributed by atoms with E-state index < -0.39 is 23.8 Å². The molecule has 1 saturated carbocycles. The Morgan fingerprint density at radius 1 is 0.833 bits per heavy atom. The van der Waals surface area contributed by atoms with Crippen LogP contribution in [0.1, 0.15) is 52.8 Å². The van der Waals surface area contributed by atoms with E-state index in [9.17, 15) is 19.2 Å². The first-order valence-electron chi connectivity index (χ1n) is 10.1. The molecule has 2 aromatic carbocycles. The van der Waals surface area contributed by atoms with E-state index in [-0.39, 0.29) is 18.2 Å². The number of carbonyl (C=O) groups is 4. The molecule has 0 atom stereocenters. The van der Waals surface area contributed by atoms with Crippen molar-refractivity contribution in [1.29, 1.82) is 0 Å². The van der Waals surface area contributed by atoms with E-state index in [1.165, 1.54) is 11.3 Å². The van der Waals surface area contributed by atoms with Gasteiger partial charge in [0.25, 0.3) is 11.8 Å². The van der Waals surface area contributed by atoms with E-state index in [0.29, 0.717) is 16.2 Å². The van der Waals surface area contributed by atoms with Gasteiger partial charge in [-0.2, -0.15) is 4.90 Å². The van der Waals surface area contributed by atoms with Gasteiger partial charge in [-0.25, -0.2) is 9.59 Å². The van der Waals surface area contributed by atoms with Crippen molar-refractivity contribution in [2.24, 2.45) is 0 Å². The zero-order valence-electron chi connectivity index (χ0n) is 16.5. The number of amides is 4. The first kappa shape index (κ1) is 19.8. The van der Waals surface area contributed by atoms with Crippen LogP contribution in [0, 0.1) is 0 Å². The van der Waals surface area contributed by atoms with Crippen LogP contribution in [-0.2, 0) is 9.53 Å². The summed E-state index contributed by atoms with van der Waals surface area (Å²) in [6, 6.07) is 13.8. The van der Waals surface area contributed by atoms with Gasteiger partial charge in [-0.1, -0.05) is 24.6 Å². The van der Waals surface area contributed by atoms with Crippen LogP contribution in [0.4, 0.5) is 10.5 Å². The Hall–Kier alpha value is -3.48. The number of nitrogens with zero attached hydrogens (tertiary/aromatic N) is 2. The molecule has 2 fully saturated rings. The predicted octanol–water partition coefficient (Wildman–Crippen LogP) is 3.79. The van der Waals surface area contributed by atoms with E-state index in [2.05, 4.69) is 0 Å². The summed E-state index contributed by atoms with van der Waals surface area (Å²) in [5.41, 5.74) is 1.09. The van der Waals surface area contributed by atoms with Crippen LogP contribution in [-0.4, -0.2) is 41.4 Å². The average Bonchev–Trinajstić information content (AvgIpc) is 3.08. The highest BCUT2D eigenvalue weighted by atomic mass is 16.5. The number of imide groups is 3. The van der Waals surface area contributed by atoms with Crippen LogP contribution >= 0.6 is 0 Å². The van der Waals surface area contributed by atoms with Crippen molar-refractivity contribution in [3.8, 4) is 0 Å². The van der Waals surface area contributed by atoms with Gasteiger partial charge in [0.2, 0.25) is 0 Å². The summed E-state index contributed by atoms with van der Waals surface area (Å²) < 4.78 is 5.55. The van der Waals surface area contributed by atoms with Crippen molar-refractivity contribution < 1.29 is 23.9 Å². The summed E-state index contributed by atoms with van der Waals surface area (Å²) in [7, 11) is 0. The number of benzene rings is 2. The molecule has 0 N–H and O–H groups in total. The van der Waals surface area contributed by atoms with Crippen LogP contribution < -0.4 is 4.90 Å². The molecule has 2 aliphatic rings. The molecule has 0 radical (unpaired) electrons. The lowest BCUT2D eigenvalue weighted by Gasteiger charge is -2.22. The third-order valence-electron chi connectivity index (χ3n) is 5.43. The number of hydrogen-bond acceptors (Lipinski definition) is 5. The number of hydrogen-bond donors (Lipinski definition) is 0. The molecule has 1 heterocycles. The zero-order valence-corrected chi connectivity index (χ0v) is 16.5. The van der Waals surface area contributed by atoms with Crippen molar-refractivity contribution in [2.45, 2.75) is 38.2 Å². The second-order valence-electron chi connectivity index (χ2n) is 7.48. The molecule has 1 aliphatic heterocycles. The number of rotatable bonds is 4. The summed E-state index contributed by atoms with van der Waals surface area (Å²) in [5.74, 6) is -1.63. The van der Waals surface area contributed by atoms with Crippen LogP contribution in [0.25, 0.3) is 0 Å². The zero-order chi connectivity index (χ0) is 21.1. The Morgan fingerprint density at radius 3 is 2.17 bits per heavy atom. The van der Waals surface area contributed by atoms with Gasteiger partial charge in [-0.05, 0) is 62.1 Å². The third kappa shape index (κ3) is 3.96. The summed E-state index contributed by atoms with van der Waals surface area (Å²) in [5, 5.41) is 0. The minimum atomic E-state index is -0.702. The molecule has 4 amide bonds. The molecule has 1 saturated heterocycles. The SMILES string of the molecule is O=C(OC1CCCCC1)c1ccc(N2CC(=O)N(C(=O)c3ccccc3)C2=O)cc1. The molecule has 0 spiro atoms. The highest BCUT2D eigenvalue weighted by molar-refractivity contribution is 6.24. The average molecular weight is 406 g/mol. The second-order valence-corrected chi connectivity index (χ2v) is 7.48. The summed E-state index contributed by atoms with van der Waals surface area (Å²) in [6.45, 7) is -0.233. The molecule has 4 rings (SSSR count). The van der Waals surface area contributed by atoms with Crippen molar-refractivity contribution in [3.63, 3.8) is 0 Å². The van der Waals surface area contributed by atoms with Gasteiger partial charge in [0.1, 0.15) is 12.6 Å². The normalized spacial score (nSPS) is 17.3. The molecule has 0 aromatic heterocycles. The number of carbonyl (C=O) groups excluding carboxylic acids is 4. The van der Waals surface area contributed by atoms with Gasteiger partial charge in [0.15, 0.2) is 0 Å². The second kappa shape index (κ2) is 8.49. The molecule has 2 aromatic rings. The molecule has 7 nitrogen and oxygen atoms in total. The predicted molar refractivity (Wildman–Crippen MR) is 109 cm³/mol. The maximum atomic E-state index is 12.7. The Balaban J connectivity index is 1.45. The summed E-state index contributed by atoms with van der Waals surface area (Å²) in [4.78, 5) is 51.9. The number of anilines is 1. The molecule has 0 bridgehead atoms. The maximum absolute atomic E-state index is 12.7. The Kier molecular flexibility index (Phi) is 5.61. The number of urea groups is 1. The summed E-state index contributed by atoms with van der Waals surface area (Å²) in [6.07, 6.45) is 5.05. The lowest BCUT2D eigenvalue weighted by molar-refractivity contribution is -0.123. The first-order valence-corrected chi connectivity index (χ1v) is 10.1. The first-order chi connectivity index (χ1) is 14.5. The molecular weight excluding hydrogens is 384 g/mol. The van der Waals surface area contributed by atoms with Crippen LogP contribution in [0.5, 0.6) is 0 Å². The van der Waals surface area contributed by atoms with Crippen molar-refractivity contribution in [2.75, 3.05) is 11.4 Å². The maximum Gasteiger partial charge on any atom is 0.338 e. The number of ether oxygens (including phenoxy) is 1. The van der Waals surface area contributed by atoms with E-state index in [1.54, 1.807) is 54.6 Å². The molecular formula is C23H22N2O5. The monoisotopic (exact) mass is 406 g/mol. The van der Waals surface area contributed by atoms with E-state index in [1.807, 2.05) is 0 Å². The molecule has 30 heavy (non-hydrogen) atoms. The summed E-state index contributed by atoms with van der Waals surface area (Å²) >= 11 is 0. The van der Waals surface area contributed by atoms with Crippen LogP contribution in [0.3, 0.4) is 0 Å². The van der Waals surface area contributed by atoms with Gasteiger partial charge >= 0.3 is 12.0 Å². The smallest absolute Gasteiger partial charge is 0.338 e. The van der Waals surface area contributed by atoms with Gasteiger partial charge in [0.05, 0.1) is 5.56 Å². The van der Waals surface area contributed by atoms with E-state index in [0.717, 1.165) is 25.7 Å². The largest absolute Gasteiger partial charge is 0.459 e. The Labute approximate surface area is 174 Å². The lowest BCUT2D eigenvalue weighted by Crippen LogP contribution is -2.38. The third-order valence-corrected chi connectivity index (χ3v) is 5.43. The standard InChI is InChI=1S/C23H22N2O5/c26-20-15-24(23(29)25(20)21(27)16-7-3-1-4-8-16)18-13-11-17(12-14-18)22(28)30-19-9-5-2-6-10-19/h1,3-4,7-8,11-14,19H,2,5-6,9-10,15H2. The Morgan fingerprint density at radius 2 is 1.50 bits per heavy atom.